The number of piperazine rings is 1. The molecule has 8 nitrogen and oxygen atoms in total. The maximum Gasteiger partial charge on any atom is 0.243 e. The molecule has 2 saturated heterocycles. The van der Waals surface area contributed by atoms with Crippen molar-refractivity contribution in [3.8, 4) is 0 Å². The molecule has 1 atom stereocenters. The molecule has 4 rings (SSSR count). The number of aromatic nitrogens is 2. The van der Waals surface area contributed by atoms with Crippen molar-refractivity contribution in [2.45, 2.75) is 38.1 Å². The van der Waals surface area contributed by atoms with E-state index in [-0.39, 0.29) is 22.4 Å². The number of hydrogen-bond donors (Lipinski definition) is 0. The molecule has 11 heteroatoms. The molecule has 2 fully saturated rings. The molecule has 170 valence electrons. The van der Waals surface area contributed by atoms with Crippen LogP contribution in [0.5, 0.6) is 0 Å². The predicted molar refractivity (Wildman–Crippen MR) is 121 cm³/mol. The van der Waals surface area contributed by atoms with E-state index in [0.29, 0.717) is 43.2 Å². The molecule has 1 aromatic carbocycles. The first-order chi connectivity index (χ1) is 14.5. The van der Waals surface area contributed by atoms with Crippen molar-refractivity contribution in [1.29, 1.82) is 0 Å². The summed E-state index contributed by atoms with van der Waals surface area (Å²) < 4.78 is 53.4. The fourth-order valence-electron chi connectivity index (χ4n) is 4.59. The van der Waals surface area contributed by atoms with Gasteiger partial charge in [0.15, 0.2) is 9.84 Å². The summed E-state index contributed by atoms with van der Waals surface area (Å²) in [5.74, 6) is 0.324. The van der Waals surface area contributed by atoms with Gasteiger partial charge in [-0.1, -0.05) is 17.7 Å². The fourth-order valence-corrected chi connectivity index (χ4v) is 8.19. The highest BCUT2D eigenvalue weighted by Gasteiger charge is 2.34. The molecule has 0 saturated carbocycles. The molecule has 1 unspecified atom stereocenters. The molecule has 0 aliphatic carbocycles. The molecule has 31 heavy (non-hydrogen) atoms. The van der Waals surface area contributed by atoms with Crippen molar-refractivity contribution in [2.24, 2.45) is 0 Å². The molecule has 0 bridgehead atoms. The maximum absolute atomic E-state index is 13.2. The van der Waals surface area contributed by atoms with Crippen LogP contribution in [0.3, 0.4) is 0 Å². The minimum absolute atomic E-state index is 0.124. The molecule has 1 aromatic heterocycles. The first kappa shape index (κ1) is 22.6. The van der Waals surface area contributed by atoms with Gasteiger partial charge in [-0.25, -0.2) is 16.8 Å². The molecule has 2 aromatic rings. The topological polar surface area (TPSA) is 92.6 Å². The van der Waals surface area contributed by atoms with Gasteiger partial charge in [0.25, 0.3) is 0 Å². The number of hydrogen-bond acceptors (Lipinski definition) is 6. The Kier molecular flexibility index (Phi) is 5.87. The number of nitrogens with zero attached hydrogens (tertiary/aromatic N) is 4. The van der Waals surface area contributed by atoms with Gasteiger partial charge >= 0.3 is 0 Å². The van der Waals surface area contributed by atoms with Gasteiger partial charge in [-0.2, -0.15) is 9.40 Å². The van der Waals surface area contributed by atoms with E-state index in [1.54, 1.807) is 25.1 Å². The SMILES string of the molecule is Cc1nn(C2CCS(=O)(=O)C2)c(C)c1N1CCN(S(=O)(=O)c2cccc(Cl)c2C)CC1. The second-order valence-electron chi connectivity index (χ2n) is 8.27. The second kappa shape index (κ2) is 8.06. The van der Waals surface area contributed by atoms with E-state index < -0.39 is 19.9 Å². The molecular formula is C20H27ClN4O4S2. The van der Waals surface area contributed by atoms with Crippen LogP contribution in [0.2, 0.25) is 5.02 Å². The number of sulfone groups is 1. The van der Waals surface area contributed by atoms with Gasteiger partial charge in [0.2, 0.25) is 10.0 Å². The van der Waals surface area contributed by atoms with Gasteiger partial charge in [-0.05, 0) is 44.9 Å². The highest BCUT2D eigenvalue weighted by atomic mass is 35.5. The van der Waals surface area contributed by atoms with E-state index in [1.165, 1.54) is 4.31 Å². The van der Waals surface area contributed by atoms with E-state index in [2.05, 4.69) is 10.00 Å². The summed E-state index contributed by atoms with van der Waals surface area (Å²) in [5.41, 5.74) is 3.30. The van der Waals surface area contributed by atoms with Gasteiger partial charge in [0.1, 0.15) is 0 Å². The Morgan fingerprint density at radius 3 is 2.39 bits per heavy atom. The van der Waals surface area contributed by atoms with E-state index in [1.807, 2.05) is 18.5 Å². The van der Waals surface area contributed by atoms with Crippen molar-refractivity contribution in [3.63, 3.8) is 0 Å². The fraction of sp³-hybridized carbons (Fsp3) is 0.550. The van der Waals surface area contributed by atoms with Crippen molar-refractivity contribution < 1.29 is 16.8 Å². The van der Waals surface area contributed by atoms with Crippen LogP contribution in [0.25, 0.3) is 0 Å². The van der Waals surface area contributed by atoms with E-state index in [0.717, 1.165) is 17.1 Å². The average Bonchev–Trinajstić information content (AvgIpc) is 3.22. The average molecular weight is 487 g/mol. The quantitative estimate of drug-likeness (QED) is 0.658. The lowest BCUT2D eigenvalue weighted by Crippen LogP contribution is -2.49. The zero-order valence-corrected chi connectivity index (χ0v) is 20.3. The number of anilines is 1. The Balaban J connectivity index is 1.53. The van der Waals surface area contributed by atoms with Crippen LogP contribution in [0.4, 0.5) is 5.69 Å². The Bertz CT molecular complexity index is 1220. The van der Waals surface area contributed by atoms with Crippen LogP contribution in [-0.4, -0.2) is 68.6 Å². The minimum atomic E-state index is -3.63. The van der Waals surface area contributed by atoms with Crippen molar-refractivity contribution >= 4 is 37.1 Å². The summed E-state index contributed by atoms with van der Waals surface area (Å²) >= 11 is 6.13. The summed E-state index contributed by atoms with van der Waals surface area (Å²) in [4.78, 5) is 2.39. The summed E-state index contributed by atoms with van der Waals surface area (Å²) in [6, 6.07) is 4.80. The van der Waals surface area contributed by atoms with Crippen molar-refractivity contribution in [1.82, 2.24) is 14.1 Å². The van der Waals surface area contributed by atoms with Crippen LogP contribution in [0.15, 0.2) is 23.1 Å². The van der Waals surface area contributed by atoms with E-state index in [9.17, 15) is 16.8 Å². The van der Waals surface area contributed by atoms with Gasteiger partial charge in [0, 0.05) is 31.2 Å². The second-order valence-corrected chi connectivity index (χ2v) is 12.8. The first-order valence-corrected chi connectivity index (χ1v) is 13.9. The first-order valence-electron chi connectivity index (χ1n) is 10.3. The van der Waals surface area contributed by atoms with Gasteiger partial charge in [-0.3, -0.25) is 4.68 Å². The lowest BCUT2D eigenvalue weighted by atomic mass is 10.2. The third-order valence-corrected chi connectivity index (χ3v) is 10.4. The zero-order chi connectivity index (χ0) is 22.6. The van der Waals surface area contributed by atoms with Crippen LogP contribution in [-0.2, 0) is 19.9 Å². The smallest absolute Gasteiger partial charge is 0.243 e. The zero-order valence-electron chi connectivity index (χ0n) is 17.9. The molecular weight excluding hydrogens is 460 g/mol. The third kappa shape index (κ3) is 4.10. The molecule has 0 spiro atoms. The summed E-state index contributed by atoms with van der Waals surface area (Å²) in [6.07, 6.45) is 0.578. The highest BCUT2D eigenvalue weighted by Crippen LogP contribution is 2.32. The summed E-state index contributed by atoms with van der Waals surface area (Å²) in [7, 11) is -6.63. The number of sulfonamides is 1. The number of benzene rings is 1. The monoisotopic (exact) mass is 486 g/mol. The number of aryl methyl sites for hydroxylation is 1. The highest BCUT2D eigenvalue weighted by molar-refractivity contribution is 7.91. The predicted octanol–water partition coefficient (Wildman–Crippen LogP) is 2.33. The standard InChI is InChI=1S/C20H27ClN4O4S2/c1-14-18(21)5-4-6-19(14)31(28,29)24-10-8-23(9-11-24)20-15(2)22-25(16(20)3)17-7-12-30(26,27)13-17/h4-6,17H,7-13H2,1-3H3. The van der Waals surface area contributed by atoms with Crippen LogP contribution in [0, 0.1) is 20.8 Å². The molecule has 0 radical (unpaired) electrons. The normalized spacial score (nSPS) is 22.2. The number of rotatable bonds is 4. The lowest BCUT2D eigenvalue weighted by molar-refractivity contribution is 0.384. The van der Waals surface area contributed by atoms with Gasteiger partial charge in [0.05, 0.1) is 39.5 Å². The maximum atomic E-state index is 13.2. The number of halogens is 1. The Hall–Kier alpha value is -1.62. The molecule has 0 amide bonds. The largest absolute Gasteiger partial charge is 0.366 e. The summed E-state index contributed by atoms with van der Waals surface area (Å²) in [6.45, 7) is 7.38. The van der Waals surface area contributed by atoms with E-state index in [4.69, 9.17) is 11.6 Å². The van der Waals surface area contributed by atoms with Crippen molar-refractivity contribution in [3.05, 3.63) is 40.2 Å². The molecule has 2 aliphatic rings. The Morgan fingerprint density at radius 1 is 1.10 bits per heavy atom. The van der Waals surface area contributed by atoms with E-state index >= 15 is 0 Å². The third-order valence-electron chi connectivity index (χ3n) is 6.23. The molecule has 2 aliphatic heterocycles. The van der Waals surface area contributed by atoms with Crippen LogP contribution < -0.4 is 4.90 Å². The van der Waals surface area contributed by atoms with Gasteiger partial charge < -0.3 is 4.90 Å². The Labute approximate surface area is 188 Å². The van der Waals surface area contributed by atoms with Crippen molar-refractivity contribution in [2.75, 3.05) is 42.6 Å². The van der Waals surface area contributed by atoms with Crippen LogP contribution >= 0.6 is 11.6 Å². The summed E-state index contributed by atoms with van der Waals surface area (Å²) in [5, 5.41) is 5.07. The molecule has 0 N–H and O–H groups in total. The minimum Gasteiger partial charge on any atom is -0.366 e. The Morgan fingerprint density at radius 2 is 1.77 bits per heavy atom. The lowest BCUT2D eigenvalue weighted by Gasteiger charge is -2.35. The van der Waals surface area contributed by atoms with Crippen LogP contribution in [0.1, 0.15) is 29.4 Å². The molecule has 3 heterocycles. The van der Waals surface area contributed by atoms with Gasteiger partial charge in [-0.15, -0.1) is 0 Å².